The van der Waals surface area contributed by atoms with Crippen LogP contribution >= 0.6 is 0 Å². The Morgan fingerprint density at radius 3 is 2.71 bits per heavy atom. The zero-order valence-corrected chi connectivity index (χ0v) is 12.2. The number of carbonyl (C=O) groups excluding carboxylic acids is 1. The largest absolute Gasteiger partial charge is 0.381 e. The molecule has 0 atom stereocenters. The summed E-state index contributed by atoms with van der Waals surface area (Å²) < 4.78 is 0. The minimum atomic E-state index is -0.383. The highest BCUT2D eigenvalue weighted by molar-refractivity contribution is 5.95. The predicted octanol–water partition coefficient (Wildman–Crippen LogP) is 3.58. The van der Waals surface area contributed by atoms with E-state index < -0.39 is 0 Å². The van der Waals surface area contributed by atoms with Crippen LogP contribution in [0.5, 0.6) is 0 Å². The summed E-state index contributed by atoms with van der Waals surface area (Å²) in [4.78, 5) is 11.4. The Morgan fingerprint density at radius 1 is 1.24 bits per heavy atom. The summed E-state index contributed by atoms with van der Waals surface area (Å²) in [5.41, 5.74) is 10.5. The Hall–Kier alpha value is -2.29. The fourth-order valence-electron chi connectivity index (χ4n) is 2.67. The van der Waals surface area contributed by atoms with Crippen LogP contribution in [0.1, 0.15) is 45.8 Å². The van der Waals surface area contributed by atoms with Crippen molar-refractivity contribution in [1.82, 2.24) is 0 Å². The molecule has 1 saturated carbocycles. The summed E-state index contributed by atoms with van der Waals surface area (Å²) in [6, 6.07) is 14.3. The Kier molecular flexibility index (Phi) is 3.65. The van der Waals surface area contributed by atoms with Gasteiger partial charge in [0.25, 0.3) is 0 Å². The van der Waals surface area contributed by atoms with Crippen LogP contribution in [0, 0.1) is 6.92 Å². The molecule has 0 heterocycles. The molecule has 2 aromatic rings. The first-order chi connectivity index (χ1) is 10.1. The van der Waals surface area contributed by atoms with E-state index in [9.17, 15) is 4.79 Å². The number of rotatable bonds is 5. The highest BCUT2D eigenvalue weighted by Crippen LogP contribution is 2.40. The molecule has 0 saturated heterocycles. The number of amides is 1. The van der Waals surface area contributed by atoms with Crippen LogP contribution in [0.2, 0.25) is 0 Å². The van der Waals surface area contributed by atoms with Gasteiger partial charge in [-0.05, 0) is 54.5 Å². The van der Waals surface area contributed by atoms with Gasteiger partial charge in [0.2, 0.25) is 5.91 Å². The van der Waals surface area contributed by atoms with E-state index in [0.717, 1.165) is 23.7 Å². The maximum absolute atomic E-state index is 11.4. The maximum Gasteiger partial charge on any atom is 0.249 e. The van der Waals surface area contributed by atoms with Crippen molar-refractivity contribution in [2.75, 3.05) is 5.32 Å². The van der Waals surface area contributed by atoms with Crippen LogP contribution in [0.25, 0.3) is 0 Å². The molecule has 0 aliphatic heterocycles. The van der Waals surface area contributed by atoms with E-state index in [0.29, 0.717) is 5.56 Å². The number of anilines is 1. The lowest BCUT2D eigenvalue weighted by molar-refractivity contribution is 0.1000. The zero-order chi connectivity index (χ0) is 14.8. The third-order valence-corrected chi connectivity index (χ3v) is 4.08. The topological polar surface area (TPSA) is 55.1 Å². The number of hydrogen-bond donors (Lipinski definition) is 2. The van der Waals surface area contributed by atoms with Gasteiger partial charge < -0.3 is 11.1 Å². The summed E-state index contributed by atoms with van der Waals surface area (Å²) in [7, 11) is 0. The zero-order valence-electron chi connectivity index (χ0n) is 12.2. The lowest BCUT2D eigenvalue weighted by atomic mass is 10.0. The van der Waals surface area contributed by atoms with Crippen LogP contribution in [0.4, 0.5) is 5.69 Å². The van der Waals surface area contributed by atoms with Gasteiger partial charge in [-0.25, -0.2) is 0 Å². The molecule has 1 aliphatic rings. The first kappa shape index (κ1) is 13.7. The predicted molar refractivity (Wildman–Crippen MR) is 85.4 cm³/mol. The second-order valence-electron chi connectivity index (χ2n) is 5.72. The molecule has 1 fully saturated rings. The smallest absolute Gasteiger partial charge is 0.249 e. The van der Waals surface area contributed by atoms with Crippen LogP contribution < -0.4 is 11.1 Å². The molecule has 0 aromatic heterocycles. The number of hydrogen-bond acceptors (Lipinski definition) is 2. The number of nitrogens with one attached hydrogen (secondary N) is 1. The number of benzene rings is 2. The maximum atomic E-state index is 11.4. The third-order valence-electron chi connectivity index (χ3n) is 4.08. The molecule has 108 valence electrons. The fourth-order valence-corrected chi connectivity index (χ4v) is 2.67. The molecule has 21 heavy (non-hydrogen) atoms. The first-order valence-electron chi connectivity index (χ1n) is 7.37. The van der Waals surface area contributed by atoms with Crippen molar-refractivity contribution in [1.29, 1.82) is 0 Å². The lowest BCUT2D eigenvalue weighted by Gasteiger charge is -2.12. The number of nitrogens with two attached hydrogens (primary N) is 1. The van der Waals surface area contributed by atoms with Gasteiger partial charge in [0.1, 0.15) is 0 Å². The Bertz CT molecular complexity index is 675. The van der Waals surface area contributed by atoms with Crippen LogP contribution in [0.3, 0.4) is 0 Å². The Labute approximate surface area is 125 Å². The Morgan fingerprint density at radius 2 is 2.00 bits per heavy atom. The van der Waals surface area contributed by atoms with Gasteiger partial charge >= 0.3 is 0 Å². The molecular formula is C18H20N2O. The summed E-state index contributed by atoms with van der Waals surface area (Å²) in [5, 5.41) is 3.40. The van der Waals surface area contributed by atoms with E-state index in [-0.39, 0.29) is 5.91 Å². The number of carbonyl (C=O) groups is 1. The molecule has 1 aliphatic carbocycles. The van der Waals surface area contributed by atoms with Gasteiger partial charge in [-0.2, -0.15) is 0 Å². The van der Waals surface area contributed by atoms with Crippen molar-refractivity contribution < 1.29 is 4.79 Å². The van der Waals surface area contributed by atoms with E-state index >= 15 is 0 Å². The molecule has 0 unspecified atom stereocenters. The van der Waals surface area contributed by atoms with Gasteiger partial charge in [-0.3, -0.25) is 4.79 Å². The normalized spacial score (nSPS) is 14.0. The molecule has 3 heteroatoms. The molecule has 3 rings (SSSR count). The SMILES string of the molecule is Cc1c(NCc2cccc(C3CC3)c2)cccc1C(N)=O. The minimum absolute atomic E-state index is 0.383. The van der Waals surface area contributed by atoms with Crippen LogP contribution in [0.15, 0.2) is 42.5 Å². The summed E-state index contributed by atoms with van der Waals surface area (Å²) in [5.74, 6) is 0.386. The molecule has 3 N–H and O–H groups in total. The van der Waals surface area contributed by atoms with Gasteiger partial charge in [0, 0.05) is 17.8 Å². The third kappa shape index (κ3) is 3.07. The van der Waals surface area contributed by atoms with E-state index in [1.807, 2.05) is 19.1 Å². The molecular weight excluding hydrogens is 260 g/mol. The van der Waals surface area contributed by atoms with Crippen molar-refractivity contribution in [3.05, 3.63) is 64.7 Å². The van der Waals surface area contributed by atoms with E-state index in [2.05, 4.69) is 29.6 Å². The van der Waals surface area contributed by atoms with Crippen molar-refractivity contribution in [2.24, 2.45) is 5.73 Å². The molecule has 1 amide bonds. The van der Waals surface area contributed by atoms with E-state index in [1.165, 1.54) is 24.0 Å². The van der Waals surface area contributed by atoms with Crippen molar-refractivity contribution >= 4 is 11.6 Å². The second kappa shape index (κ2) is 5.60. The molecule has 0 spiro atoms. The van der Waals surface area contributed by atoms with E-state index in [1.54, 1.807) is 6.07 Å². The highest BCUT2D eigenvalue weighted by atomic mass is 16.1. The van der Waals surface area contributed by atoms with Gasteiger partial charge in [0.15, 0.2) is 0 Å². The van der Waals surface area contributed by atoms with Gasteiger partial charge in [-0.1, -0.05) is 30.3 Å². The number of primary amides is 1. The second-order valence-corrected chi connectivity index (χ2v) is 5.72. The quantitative estimate of drug-likeness (QED) is 0.879. The van der Waals surface area contributed by atoms with Gasteiger partial charge in [-0.15, -0.1) is 0 Å². The van der Waals surface area contributed by atoms with Crippen LogP contribution in [-0.4, -0.2) is 5.91 Å². The van der Waals surface area contributed by atoms with Crippen molar-refractivity contribution in [3.63, 3.8) is 0 Å². The van der Waals surface area contributed by atoms with Crippen molar-refractivity contribution in [2.45, 2.75) is 32.2 Å². The molecule has 2 aromatic carbocycles. The molecule has 3 nitrogen and oxygen atoms in total. The highest BCUT2D eigenvalue weighted by Gasteiger charge is 2.23. The first-order valence-corrected chi connectivity index (χ1v) is 7.37. The monoisotopic (exact) mass is 280 g/mol. The minimum Gasteiger partial charge on any atom is -0.381 e. The Balaban J connectivity index is 1.74. The lowest BCUT2D eigenvalue weighted by Crippen LogP contribution is -2.13. The van der Waals surface area contributed by atoms with E-state index in [4.69, 9.17) is 5.73 Å². The standard InChI is InChI=1S/C18H20N2O/c1-12-16(18(19)21)6-3-7-17(12)20-11-13-4-2-5-15(10-13)14-8-9-14/h2-7,10,14,20H,8-9,11H2,1H3,(H2,19,21). The fraction of sp³-hybridized carbons (Fsp3) is 0.278. The summed E-state index contributed by atoms with van der Waals surface area (Å²) in [6.45, 7) is 2.67. The average molecular weight is 280 g/mol. The summed E-state index contributed by atoms with van der Waals surface area (Å²) >= 11 is 0. The van der Waals surface area contributed by atoms with Crippen molar-refractivity contribution in [3.8, 4) is 0 Å². The van der Waals surface area contributed by atoms with Crippen LogP contribution in [-0.2, 0) is 6.54 Å². The van der Waals surface area contributed by atoms with Gasteiger partial charge in [0.05, 0.1) is 0 Å². The molecule has 0 bridgehead atoms. The average Bonchev–Trinajstić information content (AvgIpc) is 3.31. The summed E-state index contributed by atoms with van der Waals surface area (Å²) in [6.07, 6.45) is 2.63. The molecule has 0 radical (unpaired) electrons.